The van der Waals surface area contributed by atoms with Gasteiger partial charge in [0.15, 0.2) is 0 Å². The number of carboxylic acid groups (broad SMARTS) is 1. The van der Waals surface area contributed by atoms with Crippen LogP contribution in [0.25, 0.3) is 5.70 Å². The molecule has 186 valence electrons. The molecule has 35 heavy (non-hydrogen) atoms. The van der Waals surface area contributed by atoms with Crippen LogP contribution in [0.5, 0.6) is 5.75 Å². The Balaban J connectivity index is 1.77. The Labute approximate surface area is 205 Å². The molecule has 3 N–H and O–H groups in total. The molecule has 0 aromatic heterocycles. The second-order valence-corrected chi connectivity index (χ2v) is 10.5. The van der Waals surface area contributed by atoms with E-state index in [1.165, 1.54) is 6.07 Å². The standard InChI is InChI=1S/C28H33NO6/c1-17(25(31)32)19-12-13-23(30)21(15-19)22-16-28(35-29-22)14-8-11-20(26(33)34-27(2,3)4)24(28)18-9-6-5-7-10-18/h5-7,9-10,12-13,15-17,20,24,29-30H,8,11,14H2,1-4H3,(H,31,32)/t17?,20?,24-,28+/m1/s1. The van der Waals surface area contributed by atoms with Gasteiger partial charge in [-0.15, -0.1) is 0 Å². The number of ether oxygens (including phenoxy) is 1. The first-order valence-electron chi connectivity index (χ1n) is 12.0. The van der Waals surface area contributed by atoms with Crippen molar-refractivity contribution in [3.8, 4) is 5.75 Å². The van der Waals surface area contributed by atoms with Crippen molar-refractivity contribution in [1.29, 1.82) is 0 Å². The monoisotopic (exact) mass is 479 g/mol. The van der Waals surface area contributed by atoms with E-state index in [4.69, 9.17) is 9.57 Å². The van der Waals surface area contributed by atoms with Crippen molar-refractivity contribution in [3.63, 3.8) is 0 Å². The van der Waals surface area contributed by atoms with Gasteiger partial charge in [0.25, 0.3) is 0 Å². The highest BCUT2D eigenvalue weighted by Gasteiger charge is 2.52. The van der Waals surface area contributed by atoms with E-state index >= 15 is 0 Å². The van der Waals surface area contributed by atoms with Gasteiger partial charge < -0.3 is 14.9 Å². The van der Waals surface area contributed by atoms with E-state index < -0.39 is 29.0 Å². The molecule has 4 atom stereocenters. The molecule has 2 aliphatic rings. The lowest BCUT2D eigenvalue weighted by Crippen LogP contribution is -2.47. The molecule has 7 heteroatoms. The number of carbonyl (C=O) groups is 2. The SMILES string of the molecule is CC(C(=O)O)c1ccc(O)c(C2=C[C@]3(CCCC(C(=O)OC(C)(C)C)[C@H]3c3ccccc3)ON2)c1. The van der Waals surface area contributed by atoms with E-state index in [0.29, 0.717) is 29.7 Å². The van der Waals surface area contributed by atoms with Crippen molar-refractivity contribution in [1.82, 2.24) is 5.48 Å². The summed E-state index contributed by atoms with van der Waals surface area (Å²) in [5.74, 6) is -2.62. The highest BCUT2D eigenvalue weighted by atomic mass is 16.7. The summed E-state index contributed by atoms with van der Waals surface area (Å²) in [7, 11) is 0. The molecule has 1 saturated carbocycles. The van der Waals surface area contributed by atoms with Crippen molar-refractivity contribution in [2.75, 3.05) is 0 Å². The number of benzene rings is 2. The lowest BCUT2D eigenvalue weighted by atomic mass is 9.65. The number of aromatic hydroxyl groups is 1. The molecular weight excluding hydrogens is 446 g/mol. The van der Waals surface area contributed by atoms with Crippen LogP contribution in [0.1, 0.15) is 75.5 Å². The fourth-order valence-corrected chi connectivity index (χ4v) is 5.11. The minimum absolute atomic E-state index is 0.0153. The number of phenolic OH excluding ortho intramolecular Hbond substituents is 1. The van der Waals surface area contributed by atoms with E-state index in [1.807, 2.05) is 57.2 Å². The third kappa shape index (κ3) is 5.05. The summed E-state index contributed by atoms with van der Waals surface area (Å²) in [6.07, 6.45) is 4.06. The Morgan fingerprint density at radius 2 is 1.89 bits per heavy atom. The number of esters is 1. The van der Waals surface area contributed by atoms with Crippen LogP contribution in [0.2, 0.25) is 0 Å². The highest BCUT2D eigenvalue weighted by Crippen LogP contribution is 2.51. The number of nitrogens with one attached hydrogen (secondary N) is 1. The number of aliphatic carboxylic acids is 1. The van der Waals surface area contributed by atoms with Gasteiger partial charge in [0.05, 0.1) is 17.5 Å². The fourth-order valence-electron chi connectivity index (χ4n) is 5.11. The van der Waals surface area contributed by atoms with Gasteiger partial charge in [0.2, 0.25) is 0 Å². The zero-order chi connectivity index (χ0) is 25.4. The van der Waals surface area contributed by atoms with Crippen molar-refractivity contribution >= 4 is 17.6 Å². The average molecular weight is 480 g/mol. The molecule has 1 heterocycles. The average Bonchev–Trinajstić information content (AvgIpc) is 3.21. The molecule has 7 nitrogen and oxygen atoms in total. The van der Waals surface area contributed by atoms with Crippen LogP contribution >= 0.6 is 0 Å². The van der Waals surface area contributed by atoms with Crippen LogP contribution in [0.4, 0.5) is 0 Å². The Kier molecular flexibility index (Phi) is 6.64. The zero-order valence-corrected chi connectivity index (χ0v) is 20.6. The summed E-state index contributed by atoms with van der Waals surface area (Å²) in [5.41, 5.74) is 4.09. The van der Waals surface area contributed by atoms with Crippen molar-refractivity contribution < 1.29 is 29.4 Å². The lowest BCUT2D eigenvalue weighted by molar-refractivity contribution is -0.168. The summed E-state index contributed by atoms with van der Waals surface area (Å²) in [6.45, 7) is 7.19. The molecule has 0 amide bonds. The first-order valence-corrected chi connectivity index (χ1v) is 12.0. The Bertz CT molecular complexity index is 1140. The smallest absolute Gasteiger partial charge is 0.310 e. The molecule has 2 aromatic rings. The van der Waals surface area contributed by atoms with Crippen LogP contribution < -0.4 is 5.48 Å². The van der Waals surface area contributed by atoms with E-state index in [0.717, 1.165) is 12.0 Å². The van der Waals surface area contributed by atoms with Gasteiger partial charge in [0, 0.05) is 11.5 Å². The van der Waals surface area contributed by atoms with Gasteiger partial charge >= 0.3 is 11.9 Å². The molecular formula is C28H33NO6. The summed E-state index contributed by atoms with van der Waals surface area (Å²) in [5, 5.41) is 20.0. The number of hydrogen-bond donors (Lipinski definition) is 3. The quantitative estimate of drug-likeness (QED) is 0.511. The molecule has 1 aliphatic heterocycles. The second-order valence-electron chi connectivity index (χ2n) is 10.5. The molecule has 0 bridgehead atoms. The van der Waals surface area contributed by atoms with Gasteiger partial charge in [-0.25, -0.2) is 0 Å². The van der Waals surface area contributed by atoms with Crippen LogP contribution in [0.15, 0.2) is 54.6 Å². The van der Waals surface area contributed by atoms with E-state index in [-0.39, 0.29) is 17.6 Å². The lowest BCUT2D eigenvalue weighted by Gasteiger charge is -2.43. The number of hydrogen-bond acceptors (Lipinski definition) is 6. The fraction of sp³-hybridized carbons (Fsp3) is 0.429. The number of hydroxylamine groups is 1. The van der Waals surface area contributed by atoms with Gasteiger partial charge in [-0.1, -0.05) is 36.4 Å². The maximum Gasteiger partial charge on any atom is 0.310 e. The Hall–Kier alpha value is -3.32. The van der Waals surface area contributed by atoms with Gasteiger partial charge in [-0.05, 0) is 76.3 Å². The van der Waals surface area contributed by atoms with Gasteiger partial charge in [-0.3, -0.25) is 19.9 Å². The number of carboxylic acids is 1. The first kappa shape index (κ1) is 24.8. The van der Waals surface area contributed by atoms with Crippen molar-refractivity contribution in [2.45, 2.75) is 70.0 Å². The van der Waals surface area contributed by atoms with Crippen LogP contribution in [-0.2, 0) is 19.2 Å². The predicted molar refractivity (Wildman–Crippen MR) is 131 cm³/mol. The van der Waals surface area contributed by atoms with Gasteiger partial charge in [0.1, 0.15) is 17.0 Å². The van der Waals surface area contributed by atoms with Crippen LogP contribution in [0, 0.1) is 5.92 Å². The molecule has 2 aromatic carbocycles. The largest absolute Gasteiger partial charge is 0.507 e. The first-order chi connectivity index (χ1) is 16.5. The molecule has 0 radical (unpaired) electrons. The minimum Gasteiger partial charge on any atom is -0.507 e. The van der Waals surface area contributed by atoms with Crippen molar-refractivity contribution in [2.24, 2.45) is 5.92 Å². The second kappa shape index (κ2) is 9.38. The minimum atomic E-state index is -0.945. The maximum absolute atomic E-state index is 13.3. The summed E-state index contributed by atoms with van der Waals surface area (Å²) in [6, 6.07) is 14.6. The highest BCUT2D eigenvalue weighted by molar-refractivity contribution is 5.79. The molecule has 1 spiro atoms. The van der Waals surface area contributed by atoms with Crippen molar-refractivity contribution in [3.05, 3.63) is 71.3 Å². The maximum atomic E-state index is 13.3. The van der Waals surface area contributed by atoms with E-state index in [2.05, 4.69) is 5.48 Å². The molecule has 0 saturated heterocycles. The van der Waals surface area contributed by atoms with Gasteiger partial charge in [-0.2, -0.15) is 0 Å². The predicted octanol–water partition coefficient (Wildman–Crippen LogP) is 5.12. The molecule has 1 fully saturated rings. The zero-order valence-electron chi connectivity index (χ0n) is 20.6. The summed E-state index contributed by atoms with van der Waals surface area (Å²) < 4.78 is 5.80. The summed E-state index contributed by atoms with van der Waals surface area (Å²) in [4.78, 5) is 31.1. The number of phenols is 1. The van der Waals surface area contributed by atoms with Crippen LogP contribution in [-0.4, -0.2) is 33.4 Å². The third-order valence-corrected chi connectivity index (χ3v) is 6.80. The van der Waals surface area contributed by atoms with E-state index in [9.17, 15) is 19.8 Å². The number of carbonyl (C=O) groups excluding carboxylic acids is 1. The Morgan fingerprint density at radius 3 is 2.54 bits per heavy atom. The topological polar surface area (TPSA) is 105 Å². The molecule has 2 unspecified atom stereocenters. The number of rotatable bonds is 5. The third-order valence-electron chi connectivity index (χ3n) is 6.80. The Morgan fingerprint density at radius 1 is 1.17 bits per heavy atom. The summed E-state index contributed by atoms with van der Waals surface area (Å²) >= 11 is 0. The normalized spacial score (nSPS) is 25.0. The molecule has 4 rings (SSSR count). The molecule has 1 aliphatic carbocycles. The van der Waals surface area contributed by atoms with E-state index in [1.54, 1.807) is 19.1 Å². The van der Waals surface area contributed by atoms with Crippen LogP contribution in [0.3, 0.4) is 0 Å².